The van der Waals surface area contributed by atoms with Gasteiger partial charge in [0, 0.05) is 5.92 Å². The molecule has 1 saturated carbocycles. The van der Waals surface area contributed by atoms with Crippen LogP contribution in [-0.4, -0.2) is 0 Å². The van der Waals surface area contributed by atoms with Gasteiger partial charge in [-0.1, -0.05) is 84.3 Å². The minimum Gasteiger partial charge on any atom is -0.0623 e. The van der Waals surface area contributed by atoms with E-state index in [1.807, 2.05) is 0 Å². The molecule has 0 aliphatic heterocycles. The van der Waals surface area contributed by atoms with Crippen molar-refractivity contribution in [1.29, 1.82) is 0 Å². The molecule has 0 spiro atoms. The maximum Gasteiger partial charge on any atom is 0.0108 e. The maximum absolute atomic E-state index is 2.58. The number of hydrogen-bond acceptors (Lipinski definition) is 0. The summed E-state index contributed by atoms with van der Waals surface area (Å²) in [5, 5.41) is 0. The fourth-order valence-electron chi connectivity index (χ4n) is 6.25. The highest BCUT2D eigenvalue weighted by Crippen LogP contribution is 2.74. The molecule has 0 heterocycles. The molecule has 0 heteroatoms. The smallest absolute Gasteiger partial charge is 0.0108 e. The molecule has 1 fully saturated rings. The van der Waals surface area contributed by atoms with Gasteiger partial charge in [0.2, 0.25) is 0 Å². The topological polar surface area (TPSA) is 0 Å². The van der Waals surface area contributed by atoms with E-state index in [4.69, 9.17) is 0 Å². The number of fused-ring (bicyclic) bond motifs is 2. The lowest BCUT2D eigenvalue weighted by molar-refractivity contribution is -0.00240. The SMILES string of the molecule is CC1=C(C)C2C(=C1)C=C1C(C2(C)C)C(C)(C)C(C)(C)C1(C)C. The third kappa shape index (κ3) is 1.50. The number of rotatable bonds is 0. The predicted octanol–water partition coefficient (Wildman–Crippen LogP) is 6.55. The lowest BCUT2D eigenvalue weighted by Crippen LogP contribution is -2.45. The van der Waals surface area contributed by atoms with E-state index in [0.29, 0.717) is 22.7 Å². The van der Waals surface area contributed by atoms with Gasteiger partial charge in [0.25, 0.3) is 0 Å². The van der Waals surface area contributed by atoms with Crippen LogP contribution in [0.3, 0.4) is 0 Å². The van der Waals surface area contributed by atoms with Gasteiger partial charge in [0.15, 0.2) is 0 Å². The molecule has 0 amide bonds. The van der Waals surface area contributed by atoms with Crippen LogP contribution in [0.2, 0.25) is 0 Å². The summed E-state index contributed by atoms with van der Waals surface area (Å²) in [4.78, 5) is 0. The van der Waals surface area contributed by atoms with E-state index in [1.54, 1.807) is 16.7 Å². The Morgan fingerprint density at radius 2 is 1.36 bits per heavy atom. The normalized spacial score (nSPS) is 36.6. The molecule has 2 atom stereocenters. The zero-order valence-corrected chi connectivity index (χ0v) is 16.3. The first-order valence-corrected chi connectivity index (χ1v) is 8.89. The van der Waals surface area contributed by atoms with Crippen molar-refractivity contribution in [3.05, 3.63) is 34.4 Å². The van der Waals surface area contributed by atoms with Crippen molar-refractivity contribution < 1.29 is 0 Å². The summed E-state index contributed by atoms with van der Waals surface area (Å²) >= 11 is 0. The Hall–Kier alpha value is -0.780. The van der Waals surface area contributed by atoms with E-state index in [0.717, 1.165) is 0 Å². The van der Waals surface area contributed by atoms with Crippen molar-refractivity contribution in [1.82, 2.24) is 0 Å². The summed E-state index contributed by atoms with van der Waals surface area (Å²) in [6.45, 7) is 24.6. The summed E-state index contributed by atoms with van der Waals surface area (Å²) in [7, 11) is 0. The van der Waals surface area contributed by atoms with Crippen molar-refractivity contribution in [3.63, 3.8) is 0 Å². The molecule has 3 aliphatic carbocycles. The second-order valence-corrected chi connectivity index (χ2v) is 10.3. The maximum atomic E-state index is 2.58. The Morgan fingerprint density at radius 1 is 0.818 bits per heavy atom. The zero-order valence-electron chi connectivity index (χ0n) is 16.3. The quantitative estimate of drug-likeness (QED) is 0.475. The average Bonchev–Trinajstić information content (AvgIpc) is 2.67. The molecule has 0 bridgehead atoms. The molecule has 0 aromatic carbocycles. The predicted molar refractivity (Wildman–Crippen MR) is 96.6 cm³/mol. The van der Waals surface area contributed by atoms with Crippen LogP contribution < -0.4 is 0 Å². The standard InChI is InChI=1S/C22H34/c1-13-11-15-12-16-18(19(3,4)17(15)14(13)2)21(7,8)22(9,10)20(16,5)6/h11-12,17-18H,1-10H3. The van der Waals surface area contributed by atoms with Crippen LogP contribution in [0.5, 0.6) is 0 Å². The van der Waals surface area contributed by atoms with Crippen molar-refractivity contribution in [2.45, 2.75) is 69.2 Å². The molecule has 0 aromatic heterocycles. The van der Waals surface area contributed by atoms with Crippen molar-refractivity contribution in [3.8, 4) is 0 Å². The Kier molecular flexibility index (Phi) is 2.92. The van der Waals surface area contributed by atoms with Gasteiger partial charge in [-0.3, -0.25) is 0 Å². The fourth-order valence-corrected chi connectivity index (χ4v) is 6.25. The fraction of sp³-hybridized carbons (Fsp3) is 0.727. The van der Waals surface area contributed by atoms with E-state index >= 15 is 0 Å². The van der Waals surface area contributed by atoms with E-state index in [2.05, 4.69) is 81.4 Å². The van der Waals surface area contributed by atoms with Gasteiger partial charge < -0.3 is 0 Å². The van der Waals surface area contributed by atoms with Crippen LogP contribution in [0.15, 0.2) is 34.4 Å². The first kappa shape index (κ1) is 16.1. The second-order valence-electron chi connectivity index (χ2n) is 10.3. The van der Waals surface area contributed by atoms with Gasteiger partial charge in [-0.2, -0.15) is 0 Å². The highest BCUT2D eigenvalue weighted by molar-refractivity contribution is 5.53. The van der Waals surface area contributed by atoms with Crippen LogP contribution in [0.1, 0.15) is 69.2 Å². The first-order chi connectivity index (χ1) is 9.78. The molecule has 0 aromatic rings. The van der Waals surface area contributed by atoms with Crippen molar-refractivity contribution >= 4 is 0 Å². The molecule has 2 unspecified atom stereocenters. The minimum atomic E-state index is 0.245. The Labute approximate surface area is 137 Å². The van der Waals surface area contributed by atoms with Gasteiger partial charge in [-0.15, -0.1) is 0 Å². The summed E-state index contributed by atoms with van der Waals surface area (Å²) in [6.07, 6.45) is 5.02. The minimum absolute atomic E-state index is 0.245. The van der Waals surface area contributed by atoms with Crippen LogP contribution >= 0.6 is 0 Å². The molecule has 0 nitrogen and oxygen atoms in total. The largest absolute Gasteiger partial charge is 0.0623 e. The van der Waals surface area contributed by atoms with E-state index in [-0.39, 0.29) is 10.8 Å². The lowest BCUT2D eigenvalue weighted by atomic mass is 9.53. The first-order valence-electron chi connectivity index (χ1n) is 8.89. The molecule has 22 heavy (non-hydrogen) atoms. The van der Waals surface area contributed by atoms with Crippen LogP contribution in [0.4, 0.5) is 0 Å². The molecule has 0 radical (unpaired) electrons. The third-order valence-electron chi connectivity index (χ3n) is 8.51. The Balaban J connectivity index is 2.30. The van der Waals surface area contributed by atoms with Gasteiger partial charge in [0.05, 0.1) is 0 Å². The third-order valence-corrected chi connectivity index (χ3v) is 8.51. The number of allylic oxidation sites excluding steroid dienone is 6. The average molecular weight is 299 g/mol. The van der Waals surface area contributed by atoms with Crippen LogP contribution in [0.25, 0.3) is 0 Å². The van der Waals surface area contributed by atoms with Crippen molar-refractivity contribution in [2.75, 3.05) is 0 Å². The zero-order chi connectivity index (χ0) is 16.9. The van der Waals surface area contributed by atoms with Gasteiger partial charge >= 0.3 is 0 Å². The molecular formula is C22H34. The van der Waals surface area contributed by atoms with Gasteiger partial charge in [-0.05, 0) is 47.0 Å². The molecule has 122 valence electrons. The Bertz CT molecular complexity index is 629. The second kappa shape index (κ2) is 4.00. The molecule has 3 rings (SSSR count). The summed E-state index contributed by atoms with van der Waals surface area (Å²) in [5.41, 5.74) is 7.45. The highest BCUT2D eigenvalue weighted by atomic mass is 14.7. The molecular weight excluding hydrogens is 264 g/mol. The van der Waals surface area contributed by atoms with Gasteiger partial charge in [-0.25, -0.2) is 0 Å². The molecule has 0 N–H and O–H groups in total. The lowest BCUT2D eigenvalue weighted by Gasteiger charge is -2.51. The molecule has 0 saturated heterocycles. The summed E-state index contributed by atoms with van der Waals surface area (Å²) in [6, 6.07) is 0. The van der Waals surface area contributed by atoms with E-state index in [1.165, 1.54) is 5.57 Å². The Morgan fingerprint density at radius 3 is 1.91 bits per heavy atom. The van der Waals surface area contributed by atoms with E-state index < -0.39 is 0 Å². The molecule has 3 aliphatic rings. The van der Waals surface area contributed by atoms with Gasteiger partial charge in [0.1, 0.15) is 0 Å². The monoisotopic (exact) mass is 298 g/mol. The van der Waals surface area contributed by atoms with E-state index in [9.17, 15) is 0 Å². The summed E-state index contributed by atoms with van der Waals surface area (Å²) in [5.74, 6) is 1.25. The summed E-state index contributed by atoms with van der Waals surface area (Å²) < 4.78 is 0. The van der Waals surface area contributed by atoms with Crippen LogP contribution in [0, 0.1) is 33.5 Å². The number of hydrogen-bond donors (Lipinski definition) is 0. The van der Waals surface area contributed by atoms with Crippen LogP contribution in [-0.2, 0) is 0 Å². The highest BCUT2D eigenvalue weighted by Gasteiger charge is 2.67. The van der Waals surface area contributed by atoms with Crippen molar-refractivity contribution in [2.24, 2.45) is 33.5 Å².